The summed E-state index contributed by atoms with van der Waals surface area (Å²) in [5.74, 6) is 1.22. The SMILES string of the molecule is CCOc1ccccc1-c1nn(CN(C)Cc2ccccc2C)c(=S)o1. The molecule has 0 saturated carbocycles. The quantitative estimate of drug-likeness (QED) is 0.566. The third-order valence-corrected chi connectivity index (χ3v) is 4.39. The molecule has 6 heteroatoms. The van der Waals surface area contributed by atoms with Gasteiger partial charge in [-0.05, 0) is 56.4 Å². The summed E-state index contributed by atoms with van der Waals surface area (Å²) < 4.78 is 13.1. The standard InChI is InChI=1S/C20H23N3O2S/c1-4-24-18-12-8-7-11-17(18)19-21-23(20(26)25-19)14-22(3)13-16-10-6-5-9-15(16)2/h5-12H,4,13-14H2,1-3H3. The molecular weight excluding hydrogens is 346 g/mol. The molecule has 0 atom stereocenters. The Kier molecular flexibility index (Phi) is 5.85. The average Bonchev–Trinajstić information content (AvgIpc) is 2.98. The Morgan fingerprint density at radius 3 is 2.65 bits per heavy atom. The topological polar surface area (TPSA) is 43.4 Å². The molecule has 0 amide bonds. The normalized spacial score (nSPS) is 11.1. The molecule has 3 rings (SSSR count). The lowest BCUT2D eigenvalue weighted by Crippen LogP contribution is -2.22. The van der Waals surface area contributed by atoms with Crippen molar-refractivity contribution in [2.45, 2.75) is 27.1 Å². The number of aryl methyl sites for hydroxylation is 1. The van der Waals surface area contributed by atoms with Crippen molar-refractivity contribution in [1.29, 1.82) is 0 Å². The van der Waals surface area contributed by atoms with Crippen molar-refractivity contribution in [3.8, 4) is 17.2 Å². The van der Waals surface area contributed by atoms with E-state index in [0.717, 1.165) is 17.9 Å². The predicted octanol–water partition coefficient (Wildman–Crippen LogP) is 4.67. The highest BCUT2D eigenvalue weighted by atomic mass is 32.1. The summed E-state index contributed by atoms with van der Waals surface area (Å²) in [5.41, 5.74) is 3.36. The van der Waals surface area contributed by atoms with Gasteiger partial charge in [0.25, 0.3) is 10.7 Å². The lowest BCUT2D eigenvalue weighted by molar-refractivity contribution is 0.240. The highest BCUT2D eigenvalue weighted by Crippen LogP contribution is 2.28. The van der Waals surface area contributed by atoms with Crippen molar-refractivity contribution in [2.75, 3.05) is 13.7 Å². The van der Waals surface area contributed by atoms with Crippen LogP contribution < -0.4 is 4.74 Å². The molecule has 3 aromatic rings. The Morgan fingerprint density at radius 2 is 1.88 bits per heavy atom. The summed E-state index contributed by atoms with van der Waals surface area (Å²) >= 11 is 5.36. The van der Waals surface area contributed by atoms with Gasteiger partial charge in [0.05, 0.1) is 18.8 Å². The lowest BCUT2D eigenvalue weighted by atomic mass is 10.1. The molecule has 0 spiro atoms. The van der Waals surface area contributed by atoms with Crippen molar-refractivity contribution in [2.24, 2.45) is 0 Å². The third-order valence-electron chi connectivity index (χ3n) is 4.10. The fourth-order valence-electron chi connectivity index (χ4n) is 2.79. The first-order chi connectivity index (χ1) is 12.6. The Balaban J connectivity index is 1.79. The average molecular weight is 369 g/mol. The van der Waals surface area contributed by atoms with Crippen LogP contribution in [0.1, 0.15) is 18.1 Å². The molecule has 26 heavy (non-hydrogen) atoms. The van der Waals surface area contributed by atoms with Crippen molar-refractivity contribution in [3.63, 3.8) is 0 Å². The molecule has 1 heterocycles. The monoisotopic (exact) mass is 369 g/mol. The van der Waals surface area contributed by atoms with Gasteiger partial charge in [0.1, 0.15) is 5.75 Å². The number of benzene rings is 2. The first-order valence-corrected chi connectivity index (χ1v) is 9.02. The number of rotatable bonds is 7. The molecule has 0 N–H and O–H groups in total. The molecule has 0 unspecified atom stereocenters. The van der Waals surface area contributed by atoms with Crippen LogP contribution in [0.2, 0.25) is 0 Å². The van der Waals surface area contributed by atoms with Crippen molar-refractivity contribution >= 4 is 12.2 Å². The Labute approximate surface area is 158 Å². The first kappa shape index (κ1) is 18.4. The maximum absolute atomic E-state index is 5.72. The minimum absolute atomic E-state index is 0.350. The minimum Gasteiger partial charge on any atom is -0.493 e. The van der Waals surface area contributed by atoms with E-state index >= 15 is 0 Å². The largest absolute Gasteiger partial charge is 0.493 e. The van der Waals surface area contributed by atoms with Gasteiger partial charge in [-0.25, -0.2) is 4.68 Å². The van der Waals surface area contributed by atoms with E-state index in [9.17, 15) is 0 Å². The Morgan fingerprint density at radius 1 is 1.15 bits per heavy atom. The van der Waals surface area contributed by atoms with E-state index in [0.29, 0.717) is 24.0 Å². The molecular formula is C20H23N3O2S. The van der Waals surface area contributed by atoms with Crippen LogP contribution in [0.3, 0.4) is 0 Å². The van der Waals surface area contributed by atoms with Crippen LogP contribution >= 0.6 is 12.2 Å². The zero-order chi connectivity index (χ0) is 18.5. The van der Waals surface area contributed by atoms with Crippen LogP contribution in [0.25, 0.3) is 11.5 Å². The second-order valence-electron chi connectivity index (χ2n) is 6.18. The van der Waals surface area contributed by atoms with Crippen LogP contribution in [0.15, 0.2) is 52.9 Å². The number of hydrogen-bond acceptors (Lipinski definition) is 5. The van der Waals surface area contributed by atoms with E-state index in [2.05, 4.69) is 41.2 Å². The summed E-state index contributed by atoms with van der Waals surface area (Å²) in [4.78, 5) is 2.50. The van der Waals surface area contributed by atoms with Gasteiger partial charge < -0.3 is 9.15 Å². The summed E-state index contributed by atoms with van der Waals surface area (Å²) in [6, 6.07) is 16.0. The molecule has 5 nitrogen and oxygen atoms in total. The van der Waals surface area contributed by atoms with Gasteiger partial charge in [0, 0.05) is 6.54 Å². The fraction of sp³-hybridized carbons (Fsp3) is 0.300. The Bertz CT molecular complexity index is 933. The van der Waals surface area contributed by atoms with Gasteiger partial charge in [-0.3, -0.25) is 4.90 Å². The van der Waals surface area contributed by atoms with Crippen LogP contribution in [0.5, 0.6) is 5.75 Å². The van der Waals surface area contributed by atoms with E-state index in [4.69, 9.17) is 21.4 Å². The van der Waals surface area contributed by atoms with E-state index in [1.54, 1.807) is 4.68 Å². The predicted molar refractivity (Wildman–Crippen MR) is 105 cm³/mol. The van der Waals surface area contributed by atoms with Crippen LogP contribution in [-0.4, -0.2) is 28.3 Å². The molecule has 2 aromatic carbocycles. The van der Waals surface area contributed by atoms with Gasteiger partial charge in [0.15, 0.2) is 0 Å². The van der Waals surface area contributed by atoms with Crippen LogP contribution in [-0.2, 0) is 13.2 Å². The highest BCUT2D eigenvalue weighted by Gasteiger charge is 2.14. The smallest absolute Gasteiger partial charge is 0.288 e. The molecule has 0 aliphatic rings. The minimum atomic E-state index is 0.350. The van der Waals surface area contributed by atoms with E-state index in [1.165, 1.54) is 11.1 Å². The number of nitrogens with zero attached hydrogens (tertiary/aromatic N) is 3. The summed E-state index contributed by atoms with van der Waals surface area (Å²) in [5, 5.41) is 4.55. The van der Waals surface area contributed by atoms with Gasteiger partial charge >= 0.3 is 0 Å². The maximum Gasteiger partial charge on any atom is 0.288 e. The summed E-state index contributed by atoms with van der Waals surface area (Å²) in [6.45, 7) is 6.01. The first-order valence-electron chi connectivity index (χ1n) is 8.61. The highest BCUT2D eigenvalue weighted by molar-refractivity contribution is 7.71. The van der Waals surface area contributed by atoms with Gasteiger partial charge in [0.2, 0.25) is 0 Å². The van der Waals surface area contributed by atoms with Gasteiger partial charge in [-0.15, -0.1) is 5.10 Å². The van der Waals surface area contributed by atoms with Crippen LogP contribution in [0.4, 0.5) is 0 Å². The van der Waals surface area contributed by atoms with Gasteiger partial charge in [-0.2, -0.15) is 0 Å². The lowest BCUT2D eigenvalue weighted by Gasteiger charge is -2.17. The number of aromatic nitrogens is 2. The van der Waals surface area contributed by atoms with Crippen LogP contribution in [0, 0.1) is 11.8 Å². The second kappa shape index (κ2) is 8.29. The maximum atomic E-state index is 5.72. The second-order valence-corrected chi connectivity index (χ2v) is 6.53. The molecule has 136 valence electrons. The van der Waals surface area contributed by atoms with Crippen molar-refractivity contribution in [3.05, 3.63) is 64.5 Å². The number of para-hydroxylation sites is 1. The zero-order valence-electron chi connectivity index (χ0n) is 15.3. The fourth-order valence-corrected chi connectivity index (χ4v) is 2.96. The van der Waals surface area contributed by atoms with Crippen molar-refractivity contribution in [1.82, 2.24) is 14.7 Å². The molecule has 0 aliphatic carbocycles. The van der Waals surface area contributed by atoms with E-state index in [1.807, 2.05) is 38.2 Å². The third kappa shape index (κ3) is 4.20. The van der Waals surface area contributed by atoms with Gasteiger partial charge in [-0.1, -0.05) is 36.4 Å². The Hall–Kier alpha value is -2.44. The number of ether oxygens (including phenoxy) is 1. The number of hydrogen-bond donors (Lipinski definition) is 0. The summed E-state index contributed by atoms with van der Waals surface area (Å²) in [7, 11) is 2.04. The molecule has 0 fully saturated rings. The summed E-state index contributed by atoms with van der Waals surface area (Å²) in [6.07, 6.45) is 0. The zero-order valence-corrected chi connectivity index (χ0v) is 16.1. The molecule has 0 radical (unpaired) electrons. The molecule has 0 aliphatic heterocycles. The molecule has 0 saturated heterocycles. The van der Waals surface area contributed by atoms with Crippen molar-refractivity contribution < 1.29 is 9.15 Å². The van der Waals surface area contributed by atoms with E-state index < -0.39 is 0 Å². The molecule has 1 aromatic heterocycles. The molecule has 0 bridgehead atoms. The van der Waals surface area contributed by atoms with E-state index in [-0.39, 0.29) is 0 Å².